The summed E-state index contributed by atoms with van der Waals surface area (Å²) in [6, 6.07) is 7.74. The van der Waals surface area contributed by atoms with Crippen LogP contribution >= 0.6 is 0 Å². The average Bonchev–Trinajstić information content (AvgIpc) is 2.57. The lowest BCUT2D eigenvalue weighted by Crippen LogP contribution is -2.78. The van der Waals surface area contributed by atoms with Crippen molar-refractivity contribution in [3.63, 3.8) is 0 Å². The van der Waals surface area contributed by atoms with Crippen LogP contribution in [-0.4, -0.2) is 35.5 Å². The molecule has 7 heteroatoms. The number of benzene rings is 1. The Morgan fingerprint density at radius 2 is 1.74 bits per heavy atom. The van der Waals surface area contributed by atoms with Gasteiger partial charge in [0.15, 0.2) is 11.6 Å². The molecule has 4 aliphatic rings. The van der Waals surface area contributed by atoms with Gasteiger partial charge in [-0.25, -0.2) is 17.2 Å². The minimum absolute atomic E-state index is 0.0396. The number of nitrogens with zero attached hydrogens (tertiary/aromatic N) is 2. The Bertz CT molecular complexity index is 990. The van der Waals surface area contributed by atoms with Gasteiger partial charge in [-0.05, 0) is 61.1 Å². The zero-order valence-electron chi connectivity index (χ0n) is 14.7. The second-order valence-corrected chi connectivity index (χ2v) is 10.2. The number of rotatable bonds is 3. The highest BCUT2D eigenvalue weighted by atomic mass is 32.2. The smallest absolute Gasteiger partial charge is 0.215 e. The van der Waals surface area contributed by atoms with Crippen molar-refractivity contribution in [2.75, 3.05) is 12.3 Å². The van der Waals surface area contributed by atoms with E-state index in [-0.39, 0.29) is 22.6 Å². The SMILES string of the molecule is O=S1(=O)CC(c2ccc(F)c(F)c2)CCN1C12CC(c3ccncc3)(C1)C2. The first-order valence-corrected chi connectivity index (χ1v) is 10.8. The van der Waals surface area contributed by atoms with Crippen molar-refractivity contribution in [3.8, 4) is 0 Å². The topological polar surface area (TPSA) is 50.3 Å². The maximum absolute atomic E-state index is 13.5. The summed E-state index contributed by atoms with van der Waals surface area (Å²) in [5.41, 5.74) is 1.66. The lowest BCUT2D eigenvalue weighted by Gasteiger charge is -2.74. The molecule has 2 aromatic rings. The van der Waals surface area contributed by atoms with Gasteiger partial charge in [-0.2, -0.15) is 4.31 Å². The summed E-state index contributed by atoms with van der Waals surface area (Å²) in [5.74, 6) is -2.16. The molecule has 2 heterocycles. The number of hydrogen-bond acceptors (Lipinski definition) is 3. The fourth-order valence-corrected chi connectivity index (χ4v) is 7.63. The van der Waals surface area contributed by atoms with Crippen molar-refractivity contribution in [1.82, 2.24) is 9.29 Å². The predicted molar refractivity (Wildman–Crippen MR) is 96.7 cm³/mol. The van der Waals surface area contributed by atoms with E-state index < -0.39 is 21.7 Å². The molecule has 3 aliphatic carbocycles. The second kappa shape index (κ2) is 5.58. The number of sulfonamides is 1. The quantitative estimate of drug-likeness (QED) is 0.808. The fraction of sp³-hybridized carbons (Fsp3) is 0.450. The molecule has 1 aromatic carbocycles. The molecule has 142 valence electrons. The molecule has 1 aromatic heterocycles. The van der Waals surface area contributed by atoms with Crippen LogP contribution < -0.4 is 0 Å². The third kappa shape index (κ3) is 2.48. The molecule has 1 saturated heterocycles. The zero-order chi connectivity index (χ0) is 18.9. The lowest BCUT2D eigenvalue weighted by molar-refractivity contribution is -0.137. The maximum atomic E-state index is 13.5. The van der Waals surface area contributed by atoms with E-state index >= 15 is 0 Å². The molecular formula is C20H20F2N2O2S. The normalized spacial score (nSPS) is 34.5. The molecule has 1 atom stereocenters. The van der Waals surface area contributed by atoms with Gasteiger partial charge in [-0.1, -0.05) is 6.07 Å². The fourth-order valence-electron chi connectivity index (χ4n) is 5.41. The van der Waals surface area contributed by atoms with Gasteiger partial charge in [0.1, 0.15) is 0 Å². The van der Waals surface area contributed by atoms with Crippen LogP contribution in [0.15, 0.2) is 42.7 Å². The number of halogens is 2. The van der Waals surface area contributed by atoms with Gasteiger partial charge in [0.25, 0.3) is 0 Å². The summed E-state index contributed by atoms with van der Waals surface area (Å²) < 4.78 is 54.3. The van der Waals surface area contributed by atoms with Crippen molar-refractivity contribution < 1.29 is 17.2 Å². The summed E-state index contributed by atoms with van der Waals surface area (Å²) in [5, 5.41) is 0. The number of pyridine rings is 1. The van der Waals surface area contributed by atoms with Crippen LogP contribution in [0, 0.1) is 11.6 Å². The van der Waals surface area contributed by atoms with Crippen molar-refractivity contribution >= 4 is 10.0 Å². The minimum atomic E-state index is -3.43. The van der Waals surface area contributed by atoms with E-state index in [1.807, 2.05) is 12.1 Å². The highest BCUT2D eigenvalue weighted by Gasteiger charge is 2.72. The van der Waals surface area contributed by atoms with Crippen LogP contribution in [-0.2, 0) is 15.4 Å². The van der Waals surface area contributed by atoms with Gasteiger partial charge in [-0.3, -0.25) is 4.98 Å². The number of aromatic nitrogens is 1. The highest BCUT2D eigenvalue weighted by Crippen LogP contribution is 2.71. The molecule has 0 N–H and O–H groups in total. The molecule has 3 saturated carbocycles. The number of hydrogen-bond donors (Lipinski definition) is 0. The van der Waals surface area contributed by atoms with Gasteiger partial charge in [0, 0.05) is 35.8 Å². The summed E-state index contributed by atoms with van der Waals surface area (Å²) >= 11 is 0. The third-order valence-electron chi connectivity index (χ3n) is 6.67. The average molecular weight is 390 g/mol. The lowest BCUT2D eigenvalue weighted by atomic mass is 9.37. The molecule has 1 unspecified atom stereocenters. The minimum Gasteiger partial charge on any atom is -0.265 e. The molecule has 4 nitrogen and oxygen atoms in total. The Balaban J connectivity index is 1.32. The standard InChI is InChI=1S/C20H20F2N2O2S/c21-17-2-1-14(9-18(17)22)15-5-8-24(27(25,26)10-15)20-11-19(12-20,13-20)16-3-6-23-7-4-16/h1-4,6-7,9,15H,5,8,10-13H2. The van der Waals surface area contributed by atoms with Gasteiger partial charge < -0.3 is 0 Å². The van der Waals surface area contributed by atoms with Crippen LogP contribution in [0.4, 0.5) is 8.78 Å². The molecule has 6 rings (SSSR count). The molecule has 0 spiro atoms. The van der Waals surface area contributed by atoms with E-state index in [4.69, 9.17) is 0 Å². The van der Waals surface area contributed by atoms with Crippen LogP contribution in [0.1, 0.15) is 42.7 Å². The van der Waals surface area contributed by atoms with E-state index in [2.05, 4.69) is 4.98 Å². The Labute approximate surface area is 157 Å². The molecule has 4 fully saturated rings. The first kappa shape index (κ1) is 17.3. The van der Waals surface area contributed by atoms with Crippen LogP contribution in [0.25, 0.3) is 0 Å². The van der Waals surface area contributed by atoms with Gasteiger partial charge in [-0.15, -0.1) is 0 Å². The third-order valence-corrected chi connectivity index (χ3v) is 8.73. The van der Waals surface area contributed by atoms with Crippen LogP contribution in [0.5, 0.6) is 0 Å². The second-order valence-electron chi connectivity index (χ2n) is 8.28. The molecule has 27 heavy (non-hydrogen) atoms. The van der Waals surface area contributed by atoms with Crippen LogP contribution in [0.3, 0.4) is 0 Å². The Kier molecular flexibility index (Phi) is 3.56. The molecule has 0 amide bonds. The van der Waals surface area contributed by atoms with Crippen molar-refractivity contribution in [2.24, 2.45) is 0 Å². The maximum Gasteiger partial charge on any atom is 0.215 e. The predicted octanol–water partition coefficient (Wildman–Crippen LogP) is 3.35. The zero-order valence-corrected chi connectivity index (χ0v) is 15.6. The molecule has 1 aliphatic heterocycles. The van der Waals surface area contributed by atoms with Gasteiger partial charge >= 0.3 is 0 Å². The van der Waals surface area contributed by atoms with Crippen LogP contribution in [0.2, 0.25) is 0 Å². The summed E-state index contributed by atoms with van der Waals surface area (Å²) in [6.45, 7) is 0.443. The van der Waals surface area contributed by atoms with Crippen molar-refractivity contribution in [1.29, 1.82) is 0 Å². The molecular weight excluding hydrogens is 370 g/mol. The van der Waals surface area contributed by atoms with Crippen molar-refractivity contribution in [2.45, 2.75) is 42.6 Å². The Morgan fingerprint density at radius 1 is 1.04 bits per heavy atom. The highest BCUT2D eigenvalue weighted by molar-refractivity contribution is 7.89. The summed E-state index contributed by atoms with van der Waals surface area (Å²) in [7, 11) is -3.43. The van der Waals surface area contributed by atoms with Gasteiger partial charge in [0.05, 0.1) is 5.75 Å². The molecule has 0 radical (unpaired) electrons. The van der Waals surface area contributed by atoms with E-state index in [9.17, 15) is 17.2 Å². The Morgan fingerprint density at radius 3 is 2.37 bits per heavy atom. The summed E-state index contributed by atoms with van der Waals surface area (Å²) in [6.07, 6.45) is 6.78. The van der Waals surface area contributed by atoms with Crippen molar-refractivity contribution in [3.05, 3.63) is 65.5 Å². The molecule has 2 bridgehead atoms. The Hall–Kier alpha value is -1.86. The van der Waals surface area contributed by atoms with E-state index in [0.29, 0.717) is 18.5 Å². The summed E-state index contributed by atoms with van der Waals surface area (Å²) in [4.78, 5) is 4.06. The van der Waals surface area contributed by atoms with Gasteiger partial charge in [0.2, 0.25) is 10.0 Å². The van der Waals surface area contributed by atoms with E-state index in [1.54, 1.807) is 16.7 Å². The monoisotopic (exact) mass is 390 g/mol. The first-order valence-electron chi connectivity index (χ1n) is 9.20. The largest absolute Gasteiger partial charge is 0.265 e. The van der Waals surface area contributed by atoms with E-state index in [0.717, 1.165) is 31.4 Å². The first-order chi connectivity index (χ1) is 12.8. The van der Waals surface area contributed by atoms with E-state index in [1.165, 1.54) is 11.6 Å².